The molecule has 2 atom stereocenters. The highest BCUT2D eigenvalue weighted by molar-refractivity contribution is 5.01. The normalized spacial score (nSPS) is 14.3. The van der Waals surface area contributed by atoms with Crippen molar-refractivity contribution in [2.45, 2.75) is 86.5 Å². The molecule has 0 amide bonds. The van der Waals surface area contributed by atoms with Gasteiger partial charge in [0.25, 0.3) is 0 Å². The van der Waals surface area contributed by atoms with Crippen molar-refractivity contribution in [3.05, 3.63) is 0 Å². The summed E-state index contributed by atoms with van der Waals surface area (Å²) in [6, 6.07) is 0. The van der Waals surface area contributed by atoms with Crippen LogP contribution >= 0.6 is 0 Å². The first-order valence-electron chi connectivity index (χ1n) is 8.40. The molecule has 0 aliphatic heterocycles. The molecule has 0 aliphatic carbocycles. The van der Waals surface area contributed by atoms with Crippen molar-refractivity contribution in [1.29, 1.82) is 0 Å². The van der Waals surface area contributed by atoms with E-state index in [1.807, 2.05) is 0 Å². The summed E-state index contributed by atoms with van der Waals surface area (Å²) in [5.41, 5.74) is 0. The standard InChI is InChI=1S/C19H36/c1-16(2)10-7-12-18(5)14-9-15-19(6)13-8-11-17(3)4/h16-19H,7,9-10,12-15H2,1-6H3. The van der Waals surface area contributed by atoms with Gasteiger partial charge in [-0.3, -0.25) is 0 Å². The smallest absolute Gasteiger partial charge is 0.0146 e. The van der Waals surface area contributed by atoms with Crippen LogP contribution < -0.4 is 0 Å². The fourth-order valence-corrected chi connectivity index (χ4v) is 2.37. The fourth-order valence-electron chi connectivity index (χ4n) is 2.37. The summed E-state index contributed by atoms with van der Waals surface area (Å²) < 4.78 is 0. The quantitative estimate of drug-likeness (QED) is 0.428. The minimum atomic E-state index is 0.521. The van der Waals surface area contributed by atoms with Gasteiger partial charge in [-0.05, 0) is 24.2 Å². The maximum atomic E-state index is 3.32. The van der Waals surface area contributed by atoms with E-state index in [2.05, 4.69) is 53.4 Å². The molecule has 0 rings (SSSR count). The molecule has 0 aromatic rings. The maximum absolute atomic E-state index is 3.32. The van der Waals surface area contributed by atoms with Crippen molar-refractivity contribution in [2.75, 3.05) is 0 Å². The number of hydrogen-bond acceptors (Lipinski definition) is 0. The van der Waals surface area contributed by atoms with Crippen LogP contribution in [0, 0.1) is 35.5 Å². The summed E-state index contributed by atoms with van der Waals surface area (Å²) in [5.74, 6) is 9.65. The van der Waals surface area contributed by atoms with Crippen LogP contribution in [0.15, 0.2) is 0 Å². The predicted molar refractivity (Wildman–Crippen MR) is 88.1 cm³/mol. The summed E-state index contributed by atoms with van der Waals surface area (Å²) in [7, 11) is 0. The molecule has 2 unspecified atom stereocenters. The molecule has 0 aliphatic rings. The maximum Gasteiger partial charge on any atom is 0.0146 e. The van der Waals surface area contributed by atoms with Gasteiger partial charge in [0, 0.05) is 12.3 Å². The highest BCUT2D eigenvalue weighted by Crippen LogP contribution is 2.20. The summed E-state index contributed by atoms with van der Waals surface area (Å²) in [6.07, 6.45) is 9.44. The van der Waals surface area contributed by atoms with E-state index in [9.17, 15) is 0 Å². The molecule has 0 heterocycles. The van der Waals surface area contributed by atoms with E-state index in [1.54, 1.807) is 0 Å². The molecule has 0 N–H and O–H groups in total. The molecule has 0 radical (unpaired) electrons. The lowest BCUT2D eigenvalue weighted by atomic mass is 9.92. The predicted octanol–water partition coefficient (Wildman–Crippen LogP) is 6.30. The van der Waals surface area contributed by atoms with Gasteiger partial charge in [0.15, 0.2) is 0 Å². The van der Waals surface area contributed by atoms with E-state index < -0.39 is 0 Å². The van der Waals surface area contributed by atoms with Gasteiger partial charge < -0.3 is 0 Å². The first-order chi connectivity index (χ1) is 8.91. The van der Waals surface area contributed by atoms with Crippen molar-refractivity contribution in [3.8, 4) is 11.8 Å². The Bertz CT molecular complexity index is 251. The lowest BCUT2D eigenvalue weighted by Gasteiger charge is -2.13. The van der Waals surface area contributed by atoms with E-state index in [1.165, 1.54) is 38.5 Å². The molecule has 0 saturated carbocycles. The second-order valence-corrected chi connectivity index (χ2v) is 7.15. The zero-order chi connectivity index (χ0) is 14.7. The molecule has 0 bridgehead atoms. The van der Waals surface area contributed by atoms with Crippen LogP contribution in [0.1, 0.15) is 86.5 Å². The summed E-state index contributed by atoms with van der Waals surface area (Å²) in [5, 5.41) is 0. The van der Waals surface area contributed by atoms with Crippen LogP contribution in [0.2, 0.25) is 0 Å². The Morgan fingerprint density at radius 1 is 0.684 bits per heavy atom. The Hall–Kier alpha value is -0.440. The second kappa shape index (κ2) is 11.4. The highest BCUT2D eigenvalue weighted by Gasteiger charge is 2.05. The van der Waals surface area contributed by atoms with Gasteiger partial charge in [-0.25, -0.2) is 0 Å². The van der Waals surface area contributed by atoms with Gasteiger partial charge in [0.2, 0.25) is 0 Å². The van der Waals surface area contributed by atoms with Crippen molar-refractivity contribution < 1.29 is 0 Å². The van der Waals surface area contributed by atoms with E-state index in [-0.39, 0.29) is 0 Å². The molecule has 0 nitrogen and oxygen atoms in total. The zero-order valence-electron chi connectivity index (χ0n) is 14.3. The lowest BCUT2D eigenvalue weighted by molar-refractivity contribution is 0.402. The van der Waals surface area contributed by atoms with Gasteiger partial charge in [-0.2, -0.15) is 0 Å². The van der Waals surface area contributed by atoms with Crippen molar-refractivity contribution in [2.24, 2.45) is 23.7 Å². The van der Waals surface area contributed by atoms with Crippen LogP contribution in [-0.4, -0.2) is 0 Å². The van der Waals surface area contributed by atoms with Gasteiger partial charge in [0.1, 0.15) is 0 Å². The topological polar surface area (TPSA) is 0 Å². The SMILES string of the molecule is CC(C)C#CCC(C)CCCC(C)CCCC(C)C. The molecule has 0 aromatic carbocycles. The molecule has 112 valence electrons. The third kappa shape index (κ3) is 13.8. The van der Waals surface area contributed by atoms with E-state index in [0.717, 1.165) is 24.2 Å². The van der Waals surface area contributed by atoms with Crippen molar-refractivity contribution in [3.63, 3.8) is 0 Å². The molecular weight excluding hydrogens is 228 g/mol. The first kappa shape index (κ1) is 18.6. The second-order valence-electron chi connectivity index (χ2n) is 7.15. The Morgan fingerprint density at radius 3 is 1.74 bits per heavy atom. The van der Waals surface area contributed by atoms with E-state index in [0.29, 0.717) is 5.92 Å². The Morgan fingerprint density at radius 2 is 1.21 bits per heavy atom. The minimum Gasteiger partial charge on any atom is -0.103 e. The minimum absolute atomic E-state index is 0.521. The molecule has 0 aromatic heterocycles. The van der Waals surface area contributed by atoms with Gasteiger partial charge >= 0.3 is 0 Å². The monoisotopic (exact) mass is 264 g/mol. The average Bonchev–Trinajstić information content (AvgIpc) is 2.27. The Labute approximate surface area is 122 Å². The summed E-state index contributed by atoms with van der Waals surface area (Å²) in [6.45, 7) is 13.7. The first-order valence-corrected chi connectivity index (χ1v) is 8.40. The fraction of sp³-hybridized carbons (Fsp3) is 0.895. The highest BCUT2D eigenvalue weighted by atomic mass is 14.1. The van der Waals surface area contributed by atoms with Crippen molar-refractivity contribution in [1.82, 2.24) is 0 Å². The molecule has 0 saturated heterocycles. The van der Waals surface area contributed by atoms with Crippen LogP contribution in [-0.2, 0) is 0 Å². The average molecular weight is 264 g/mol. The third-order valence-corrected chi connectivity index (χ3v) is 3.71. The Kier molecular flexibility index (Phi) is 11.1. The van der Waals surface area contributed by atoms with Crippen molar-refractivity contribution >= 4 is 0 Å². The number of hydrogen-bond donors (Lipinski definition) is 0. The van der Waals surface area contributed by atoms with Gasteiger partial charge in [-0.1, -0.05) is 73.6 Å². The van der Waals surface area contributed by atoms with Gasteiger partial charge in [-0.15, -0.1) is 11.8 Å². The van der Waals surface area contributed by atoms with E-state index >= 15 is 0 Å². The van der Waals surface area contributed by atoms with Gasteiger partial charge in [0.05, 0.1) is 0 Å². The molecule has 19 heavy (non-hydrogen) atoms. The summed E-state index contributed by atoms with van der Waals surface area (Å²) >= 11 is 0. The lowest BCUT2D eigenvalue weighted by Crippen LogP contribution is -1.99. The Balaban J connectivity index is 3.54. The zero-order valence-corrected chi connectivity index (χ0v) is 14.3. The third-order valence-electron chi connectivity index (χ3n) is 3.71. The van der Waals surface area contributed by atoms with Crippen LogP contribution in [0.4, 0.5) is 0 Å². The molecule has 0 spiro atoms. The largest absolute Gasteiger partial charge is 0.103 e. The molecule has 0 heteroatoms. The van der Waals surface area contributed by atoms with Crippen LogP contribution in [0.5, 0.6) is 0 Å². The van der Waals surface area contributed by atoms with Crippen LogP contribution in [0.25, 0.3) is 0 Å². The van der Waals surface area contributed by atoms with E-state index in [4.69, 9.17) is 0 Å². The summed E-state index contributed by atoms with van der Waals surface area (Å²) in [4.78, 5) is 0. The van der Waals surface area contributed by atoms with Crippen LogP contribution in [0.3, 0.4) is 0 Å². The molecule has 0 fully saturated rings. The molecular formula is C19H36. The number of rotatable bonds is 9.